The molecule has 32 heavy (non-hydrogen) atoms. The van der Waals surface area contributed by atoms with Gasteiger partial charge in [-0.05, 0) is 25.8 Å². The number of ether oxygens (including phenoxy) is 1. The van der Waals surface area contributed by atoms with E-state index in [1.165, 1.54) is 43.4 Å². The highest BCUT2D eigenvalue weighted by atomic mass is 35.5. The molecule has 0 spiro atoms. The van der Waals surface area contributed by atoms with Crippen LogP contribution in [0.15, 0.2) is 12.3 Å². The molecular weight excluding hydrogens is 447 g/mol. The molecule has 1 amide bonds. The van der Waals surface area contributed by atoms with Gasteiger partial charge in [0.2, 0.25) is 5.91 Å². The van der Waals surface area contributed by atoms with Gasteiger partial charge < -0.3 is 15.0 Å². The van der Waals surface area contributed by atoms with Crippen molar-refractivity contribution in [2.75, 3.05) is 44.8 Å². The van der Waals surface area contributed by atoms with E-state index in [4.69, 9.17) is 9.72 Å². The summed E-state index contributed by atoms with van der Waals surface area (Å²) >= 11 is 0. The maximum Gasteiger partial charge on any atom is 0.241 e. The number of anilines is 1. The van der Waals surface area contributed by atoms with Gasteiger partial charge in [0.1, 0.15) is 0 Å². The van der Waals surface area contributed by atoms with Crippen LogP contribution in [0.3, 0.4) is 0 Å². The van der Waals surface area contributed by atoms with Crippen LogP contribution in [-0.4, -0.2) is 67.8 Å². The lowest BCUT2D eigenvalue weighted by molar-refractivity contribution is -0.121. The standard InChI is InChI=1S/C24H38N4O2.2ClH/c1-17-13-27(19(11-25-17)15-30-4)14-23(29)28-16-24(2,3)20-12-26-21(10-22(20)28)18-8-6-5-7-9-18;;/h10,12,17-19,25H,5-9,11,13-16H2,1-4H3;2*1H/t17-,19-;;/m1../s1. The van der Waals surface area contributed by atoms with E-state index in [0.29, 0.717) is 25.1 Å². The zero-order valence-electron chi connectivity index (χ0n) is 19.9. The summed E-state index contributed by atoms with van der Waals surface area (Å²) in [6.07, 6.45) is 8.41. The fourth-order valence-corrected chi connectivity index (χ4v) is 5.46. The van der Waals surface area contributed by atoms with Gasteiger partial charge in [-0.15, -0.1) is 24.8 Å². The molecule has 2 aliphatic heterocycles. The van der Waals surface area contributed by atoms with Crippen LogP contribution in [0, 0.1) is 0 Å². The molecular formula is C24H40Cl2N4O2. The van der Waals surface area contributed by atoms with Crippen molar-refractivity contribution in [1.29, 1.82) is 0 Å². The van der Waals surface area contributed by atoms with Crippen LogP contribution in [0.5, 0.6) is 0 Å². The fourth-order valence-electron chi connectivity index (χ4n) is 5.46. The van der Waals surface area contributed by atoms with Crippen LogP contribution in [0.4, 0.5) is 5.69 Å². The summed E-state index contributed by atoms with van der Waals surface area (Å²) in [6, 6.07) is 2.85. The van der Waals surface area contributed by atoms with Gasteiger partial charge in [-0.1, -0.05) is 33.1 Å². The molecule has 0 bridgehead atoms. The molecule has 1 saturated heterocycles. The Hall–Kier alpha value is -0.920. The number of fused-ring (bicyclic) bond motifs is 1. The number of pyridine rings is 1. The summed E-state index contributed by atoms with van der Waals surface area (Å²) in [4.78, 5) is 22.7. The number of piperazine rings is 1. The van der Waals surface area contributed by atoms with Crippen LogP contribution in [0.2, 0.25) is 0 Å². The third kappa shape index (κ3) is 5.76. The van der Waals surface area contributed by atoms with Crippen molar-refractivity contribution in [3.05, 3.63) is 23.5 Å². The lowest BCUT2D eigenvalue weighted by Gasteiger charge is -2.39. The molecule has 8 heteroatoms. The summed E-state index contributed by atoms with van der Waals surface area (Å²) in [5, 5.41) is 3.51. The first-order valence-corrected chi connectivity index (χ1v) is 11.7. The average Bonchev–Trinajstić information content (AvgIpc) is 3.01. The molecule has 0 aromatic carbocycles. The molecule has 0 radical (unpaired) electrons. The number of rotatable bonds is 5. The first-order valence-electron chi connectivity index (χ1n) is 11.7. The number of nitrogens with one attached hydrogen (secondary N) is 1. The lowest BCUT2D eigenvalue weighted by atomic mass is 9.85. The van der Waals surface area contributed by atoms with Crippen molar-refractivity contribution in [2.45, 2.75) is 76.3 Å². The molecule has 3 aliphatic rings. The molecule has 2 fully saturated rings. The Morgan fingerprint density at radius 1 is 1.25 bits per heavy atom. The van der Waals surface area contributed by atoms with Crippen LogP contribution < -0.4 is 10.2 Å². The second kappa shape index (κ2) is 11.5. The summed E-state index contributed by atoms with van der Waals surface area (Å²) < 4.78 is 5.41. The summed E-state index contributed by atoms with van der Waals surface area (Å²) in [5.41, 5.74) is 3.41. The maximum atomic E-state index is 13.5. The second-order valence-corrected chi connectivity index (χ2v) is 10.2. The molecule has 2 atom stereocenters. The fraction of sp³-hybridized carbons (Fsp3) is 0.750. The van der Waals surface area contributed by atoms with E-state index in [1.807, 2.05) is 11.1 Å². The van der Waals surface area contributed by atoms with E-state index in [1.54, 1.807) is 7.11 Å². The van der Waals surface area contributed by atoms with Crippen LogP contribution in [-0.2, 0) is 14.9 Å². The molecule has 1 saturated carbocycles. The van der Waals surface area contributed by atoms with E-state index in [0.717, 1.165) is 25.3 Å². The Labute approximate surface area is 205 Å². The van der Waals surface area contributed by atoms with Gasteiger partial charge in [0.25, 0.3) is 0 Å². The highest BCUT2D eigenvalue weighted by Gasteiger charge is 2.40. The number of carbonyl (C=O) groups is 1. The molecule has 1 aliphatic carbocycles. The number of halogens is 2. The van der Waals surface area contributed by atoms with E-state index in [9.17, 15) is 4.79 Å². The number of carbonyl (C=O) groups excluding carboxylic acids is 1. The number of hydrogen-bond acceptors (Lipinski definition) is 5. The van der Waals surface area contributed by atoms with Gasteiger partial charge in [-0.3, -0.25) is 14.7 Å². The zero-order valence-corrected chi connectivity index (χ0v) is 21.6. The third-order valence-electron chi connectivity index (χ3n) is 7.23. The average molecular weight is 488 g/mol. The Morgan fingerprint density at radius 3 is 2.66 bits per heavy atom. The minimum Gasteiger partial charge on any atom is -0.383 e. The molecule has 6 nitrogen and oxygen atoms in total. The van der Waals surface area contributed by atoms with Crippen molar-refractivity contribution in [3.63, 3.8) is 0 Å². The van der Waals surface area contributed by atoms with E-state index < -0.39 is 0 Å². The molecule has 182 valence electrons. The Bertz CT molecular complexity index is 770. The third-order valence-corrected chi connectivity index (χ3v) is 7.23. The van der Waals surface area contributed by atoms with E-state index in [-0.39, 0.29) is 42.2 Å². The SMILES string of the molecule is COC[C@H]1CN[C@H](C)CN1CC(=O)N1CC(C)(C)c2cnc(C3CCCCC3)cc21.Cl.Cl. The normalized spacial score (nSPS) is 25.6. The first kappa shape index (κ1) is 27.3. The van der Waals surface area contributed by atoms with Gasteiger partial charge in [-0.2, -0.15) is 0 Å². The molecule has 1 aromatic heterocycles. The number of nitrogens with zero attached hydrogens (tertiary/aromatic N) is 3. The first-order chi connectivity index (χ1) is 14.4. The minimum absolute atomic E-state index is 0. The summed E-state index contributed by atoms with van der Waals surface area (Å²) in [5.74, 6) is 0.739. The van der Waals surface area contributed by atoms with E-state index >= 15 is 0 Å². The van der Waals surface area contributed by atoms with Gasteiger partial charge in [0.15, 0.2) is 0 Å². The number of amides is 1. The van der Waals surface area contributed by atoms with Gasteiger partial charge in [-0.25, -0.2) is 0 Å². The molecule has 1 aromatic rings. The second-order valence-electron chi connectivity index (χ2n) is 10.2. The lowest BCUT2D eigenvalue weighted by Crippen LogP contribution is -2.59. The van der Waals surface area contributed by atoms with Crippen molar-refractivity contribution in [2.24, 2.45) is 0 Å². The predicted molar refractivity (Wildman–Crippen MR) is 135 cm³/mol. The zero-order chi connectivity index (χ0) is 21.3. The van der Waals surface area contributed by atoms with Crippen molar-refractivity contribution in [1.82, 2.24) is 15.2 Å². The summed E-state index contributed by atoms with van der Waals surface area (Å²) in [7, 11) is 1.73. The smallest absolute Gasteiger partial charge is 0.241 e. The summed E-state index contributed by atoms with van der Waals surface area (Å²) in [6.45, 7) is 10.2. The van der Waals surface area contributed by atoms with Crippen molar-refractivity contribution >= 4 is 36.4 Å². The van der Waals surface area contributed by atoms with E-state index in [2.05, 4.69) is 37.1 Å². The topological polar surface area (TPSA) is 57.7 Å². The highest BCUT2D eigenvalue weighted by molar-refractivity contribution is 5.97. The van der Waals surface area contributed by atoms with Crippen LogP contribution >= 0.6 is 24.8 Å². The largest absolute Gasteiger partial charge is 0.383 e. The Kier molecular flexibility index (Phi) is 9.80. The van der Waals surface area contributed by atoms with Crippen LogP contribution in [0.25, 0.3) is 0 Å². The molecule has 4 rings (SSSR count). The maximum absolute atomic E-state index is 13.5. The molecule has 1 N–H and O–H groups in total. The van der Waals surface area contributed by atoms with Gasteiger partial charge >= 0.3 is 0 Å². The van der Waals surface area contributed by atoms with Crippen molar-refractivity contribution in [3.8, 4) is 0 Å². The number of hydrogen-bond donors (Lipinski definition) is 1. The van der Waals surface area contributed by atoms with Gasteiger partial charge in [0.05, 0.1) is 18.8 Å². The molecule has 3 heterocycles. The number of aromatic nitrogens is 1. The molecule has 0 unspecified atom stereocenters. The van der Waals surface area contributed by atoms with Crippen molar-refractivity contribution < 1.29 is 9.53 Å². The predicted octanol–water partition coefficient (Wildman–Crippen LogP) is 3.91. The van der Waals surface area contributed by atoms with Gasteiger partial charge in [0, 0.05) is 67.6 Å². The number of methoxy groups -OCH3 is 1. The highest BCUT2D eigenvalue weighted by Crippen LogP contribution is 2.42. The Balaban J connectivity index is 0.00000181. The monoisotopic (exact) mass is 486 g/mol. The minimum atomic E-state index is -0.0637. The van der Waals surface area contributed by atoms with Crippen LogP contribution in [0.1, 0.15) is 70.1 Å². The Morgan fingerprint density at radius 2 is 1.97 bits per heavy atom. The quantitative estimate of drug-likeness (QED) is 0.683.